The van der Waals surface area contributed by atoms with Gasteiger partial charge in [-0.1, -0.05) is 35.3 Å². The Morgan fingerprint density at radius 3 is 2.36 bits per heavy atom. The van der Waals surface area contributed by atoms with Crippen molar-refractivity contribution in [2.24, 2.45) is 0 Å². The second-order valence-electron chi connectivity index (χ2n) is 5.28. The number of benzene rings is 2. The molecule has 0 saturated heterocycles. The number of amides is 2. The zero-order valence-electron chi connectivity index (χ0n) is 13.5. The molecule has 2 aromatic rings. The monoisotopic (exact) mass is 395 g/mol. The van der Waals surface area contributed by atoms with E-state index < -0.39 is 5.91 Å². The summed E-state index contributed by atoms with van der Waals surface area (Å²) >= 11 is 17.0. The topological polar surface area (TPSA) is 61.4 Å². The van der Waals surface area contributed by atoms with Crippen LogP contribution in [0.5, 0.6) is 0 Å². The molecule has 2 N–H and O–H groups in total. The minimum atomic E-state index is -0.476. The molecular weight excluding hydrogens is 381 g/mol. The first-order chi connectivity index (χ1) is 11.8. The van der Waals surface area contributed by atoms with Gasteiger partial charge in [0, 0.05) is 19.1 Å². The Labute approximate surface area is 160 Å². The number of halogens is 2. The fourth-order valence-electron chi connectivity index (χ4n) is 2.02. The fraction of sp³-hybridized carbons (Fsp3) is 0.118. The summed E-state index contributed by atoms with van der Waals surface area (Å²) in [5.41, 5.74) is 1.18. The molecule has 0 aliphatic carbocycles. The highest BCUT2D eigenvalue weighted by molar-refractivity contribution is 7.80. The first-order valence-corrected chi connectivity index (χ1v) is 8.34. The summed E-state index contributed by atoms with van der Waals surface area (Å²) in [6, 6.07) is 11.4. The van der Waals surface area contributed by atoms with E-state index in [2.05, 4.69) is 10.6 Å². The molecule has 0 heterocycles. The van der Waals surface area contributed by atoms with E-state index in [1.54, 1.807) is 44.4 Å². The molecule has 2 amide bonds. The van der Waals surface area contributed by atoms with Crippen LogP contribution in [0.3, 0.4) is 0 Å². The number of thiocarbonyl (C=S) groups is 1. The summed E-state index contributed by atoms with van der Waals surface area (Å²) in [6.07, 6.45) is 0. The number of hydrogen-bond acceptors (Lipinski definition) is 3. The number of anilines is 1. The van der Waals surface area contributed by atoms with Gasteiger partial charge in [-0.2, -0.15) is 0 Å². The van der Waals surface area contributed by atoms with E-state index in [0.717, 1.165) is 0 Å². The molecule has 5 nitrogen and oxygen atoms in total. The first-order valence-electron chi connectivity index (χ1n) is 7.17. The maximum Gasteiger partial charge on any atom is 0.258 e. The smallest absolute Gasteiger partial charge is 0.258 e. The minimum absolute atomic E-state index is 0.0509. The first kappa shape index (κ1) is 19.2. The fourth-order valence-corrected chi connectivity index (χ4v) is 2.71. The molecule has 0 spiro atoms. The Balaban J connectivity index is 2.13. The zero-order valence-corrected chi connectivity index (χ0v) is 15.8. The molecule has 130 valence electrons. The van der Waals surface area contributed by atoms with Gasteiger partial charge in [-0.25, -0.2) is 0 Å². The van der Waals surface area contributed by atoms with Crippen LogP contribution >= 0.6 is 35.4 Å². The van der Waals surface area contributed by atoms with Crippen LogP contribution in [0.1, 0.15) is 20.7 Å². The number of hydrogen-bond donors (Lipinski definition) is 2. The standard InChI is InChI=1S/C17H15Cl2N3O2S/c1-22(2)16(24)12-5-3-4-6-14(12)20-17(25)21-15(23)11-8-7-10(18)9-13(11)19/h3-9H,1-2H3,(H2,20,21,23,25). The van der Waals surface area contributed by atoms with Crippen molar-refractivity contribution in [2.45, 2.75) is 0 Å². The lowest BCUT2D eigenvalue weighted by molar-refractivity contribution is 0.0828. The van der Waals surface area contributed by atoms with Crippen molar-refractivity contribution in [3.63, 3.8) is 0 Å². The molecule has 0 aliphatic heterocycles. The molecule has 0 unspecified atom stereocenters. The highest BCUT2D eigenvalue weighted by Crippen LogP contribution is 2.21. The Kier molecular flexibility index (Phi) is 6.36. The number of para-hydroxylation sites is 1. The number of rotatable bonds is 3. The minimum Gasteiger partial charge on any atom is -0.345 e. The molecule has 2 aromatic carbocycles. The lowest BCUT2D eigenvalue weighted by Gasteiger charge is -2.16. The van der Waals surface area contributed by atoms with E-state index in [-0.39, 0.29) is 21.6 Å². The van der Waals surface area contributed by atoms with Crippen LogP contribution in [0, 0.1) is 0 Å². The highest BCUT2D eigenvalue weighted by Gasteiger charge is 2.16. The Hall–Kier alpha value is -2.15. The van der Waals surface area contributed by atoms with Gasteiger partial charge in [-0.05, 0) is 42.5 Å². The summed E-state index contributed by atoms with van der Waals surface area (Å²) in [6.45, 7) is 0. The zero-order chi connectivity index (χ0) is 18.6. The van der Waals surface area contributed by atoms with Gasteiger partial charge in [0.25, 0.3) is 11.8 Å². The normalized spacial score (nSPS) is 10.1. The van der Waals surface area contributed by atoms with Crippen molar-refractivity contribution >= 4 is 58.0 Å². The van der Waals surface area contributed by atoms with Gasteiger partial charge < -0.3 is 10.2 Å². The molecule has 0 saturated carbocycles. The Morgan fingerprint density at radius 1 is 1.04 bits per heavy atom. The van der Waals surface area contributed by atoms with Crippen LogP contribution in [0.15, 0.2) is 42.5 Å². The molecule has 0 fully saturated rings. The summed E-state index contributed by atoms with van der Waals surface area (Å²) < 4.78 is 0. The van der Waals surface area contributed by atoms with Crippen molar-refractivity contribution in [1.82, 2.24) is 10.2 Å². The molecule has 8 heteroatoms. The quantitative estimate of drug-likeness (QED) is 0.775. The van der Waals surface area contributed by atoms with Crippen molar-refractivity contribution in [3.05, 3.63) is 63.6 Å². The van der Waals surface area contributed by atoms with Crippen LogP contribution in [-0.4, -0.2) is 35.9 Å². The predicted molar refractivity (Wildman–Crippen MR) is 105 cm³/mol. The third-order valence-corrected chi connectivity index (χ3v) is 3.97. The second-order valence-corrected chi connectivity index (χ2v) is 6.53. The molecule has 0 aromatic heterocycles. The van der Waals surface area contributed by atoms with Gasteiger partial charge in [0.15, 0.2) is 5.11 Å². The van der Waals surface area contributed by atoms with Crippen molar-refractivity contribution in [2.75, 3.05) is 19.4 Å². The van der Waals surface area contributed by atoms with Gasteiger partial charge in [-0.15, -0.1) is 0 Å². The molecule has 25 heavy (non-hydrogen) atoms. The Morgan fingerprint density at radius 2 is 1.72 bits per heavy atom. The molecule has 0 radical (unpaired) electrons. The lowest BCUT2D eigenvalue weighted by Crippen LogP contribution is -2.35. The molecule has 0 bridgehead atoms. The lowest BCUT2D eigenvalue weighted by atomic mass is 10.1. The van der Waals surface area contributed by atoms with E-state index in [0.29, 0.717) is 16.3 Å². The van der Waals surface area contributed by atoms with E-state index in [1.807, 2.05) is 0 Å². The van der Waals surface area contributed by atoms with Gasteiger partial charge in [0.1, 0.15) is 0 Å². The molecule has 2 rings (SSSR count). The number of nitrogens with one attached hydrogen (secondary N) is 2. The SMILES string of the molecule is CN(C)C(=O)c1ccccc1NC(=S)NC(=O)c1ccc(Cl)cc1Cl. The second kappa shape index (κ2) is 8.29. The maximum absolute atomic E-state index is 12.3. The van der Waals surface area contributed by atoms with Gasteiger partial charge in [-0.3, -0.25) is 14.9 Å². The maximum atomic E-state index is 12.3. The summed E-state index contributed by atoms with van der Waals surface area (Å²) in [5, 5.41) is 6.09. The van der Waals surface area contributed by atoms with Gasteiger partial charge >= 0.3 is 0 Å². The van der Waals surface area contributed by atoms with Crippen LogP contribution in [0.25, 0.3) is 0 Å². The largest absolute Gasteiger partial charge is 0.345 e. The van der Waals surface area contributed by atoms with E-state index in [4.69, 9.17) is 35.4 Å². The van der Waals surface area contributed by atoms with Crippen molar-refractivity contribution in [1.29, 1.82) is 0 Å². The third kappa shape index (κ3) is 4.92. The van der Waals surface area contributed by atoms with E-state index in [9.17, 15) is 9.59 Å². The van der Waals surface area contributed by atoms with Gasteiger partial charge in [0.05, 0.1) is 21.8 Å². The van der Waals surface area contributed by atoms with Gasteiger partial charge in [0.2, 0.25) is 0 Å². The summed E-state index contributed by atoms with van der Waals surface area (Å²) in [7, 11) is 3.31. The summed E-state index contributed by atoms with van der Waals surface area (Å²) in [5.74, 6) is -0.659. The number of nitrogens with zero attached hydrogens (tertiary/aromatic N) is 1. The third-order valence-electron chi connectivity index (χ3n) is 3.21. The van der Waals surface area contributed by atoms with Crippen LogP contribution in [0.2, 0.25) is 10.0 Å². The van der Waals surface area contributed by atoms with Crippen molar-refractivity contribution in [3.8, 4) is 0 Å². The summed E-state index contributed by atoms with van der Waals surface area (Å²) in [4.78, 5) is 25.9. The Bertz CT molecular complexity index is 840. The molecule has 0 atom stereocenters. The van der Waals surface area contributed by atoms with Crippen LogP contribution in [-0.2, 0) is 0 Å². The predicted octanol–water partition coefficient (Wildman–Crippen LogP) is 3.82. The van der Waals surface area contributed by atoms with Crippen LogP contribution in [0.4, 0.5) is 5.69 Å². The highest BCUT2D eigenvalue weighted by atomic mass is 35.5. The van der Waals surface area contributed by atoms with Crippen LogP contribution < -0.4 is 10.6 Å². The molecule has 0 aliphatic rings. The molecular formula is C17H15Cl2N3O2S. The van der Waals surface area contributed by atoms with E-state index >= 15 is 0 Å². The average Bonchev–Trinajstić information content (AvgIpc) is 2.54. The number of carbonyl (C=O) groups excluding carboxylic acids is 2. The van der Waals surface area contributed by atoms with Crippen molar-refractivity contribution < 1.29 is 9.59 Å². The average molecular weight is 396 g/mol. The van der Waals surface area contributed by atoms with E-state index in [1.165, 1.54) is 17.0 Å². The number of carbonyl (C=O) groups is 2.